The van der Waals surface area contributed by atoms with Crippen molar-refractivity contribution in [1.29, 1.82) is 0 Å². The van der Waals surface area contributed by atoms with E-state index in [1.165, 1.54) is 12.1 Å². The maximum Gasteiger partial charge on any atom is 0.125 e. The number of hydrogen-bond acceptors (Lipinski definition) is 3. The molecule has 0 radical (unpaired) electrons. The van der Waals surface area contributed by atoms with Crippen molar-refractivity contribution in [2.24, 2.45) is 0 Å². The van der Waals surface area contributed by atoms with Crippen molar-refractivity contribution in [1.82, 2.24) is 0 Å². The molecule has 0 amide bonds. The van der Waals surface area contributed by atoms with Crippen molar-refractivity contribution in [2.45, 2.75) is 6.54 Å². The maximum absolute atomic E-state index is 13.0. The van der Waals surface area contributed by atoms with E-state index >= 15 is 0 Å². The zero-order valence-corrected chi connectivity index (χ0v) is 9.98. The number of methoxy groups -OCH3 is 1. The van der Waals surface area contributed by atoms with Gasteiger partial charge in [0.2, 0.25) is 0 Å². The molecule has 0 spiro atoms. The SMILES string of the molecule is COc1ccc(O)c(CNc2cccc(F)c2)c1. The zero-order chi connectivity index (χ0) is 13.0. The minimum absolute atomic E-state index is 0.180. The summed E-state index contributed by atoms with van der Waals surface area (Å²) in [5.74, 6) is 0.554. The van der Waals surface area contributed by atoms with Gasteiger partial charge >= 0.3 is 0 Å². The lowest BCUT2D eigenvalue weighted by atomic mass is 10.2. The molecule has 4 heteroatoms. The van der Waals surface area contributed by atoms with Crippen LogP contribution in [0, 0.1) is 5.82 Å². The molecule has 0 heterocycles. The molecule has 0 bridgehead atoms. The van der Waals surface area contributed by atoms with Crippen molar-refractivity contribution in [3.05, 3.63) is 53.8 Å². The number of rotatable bonds is 4. The van der Waals surface area contributed by atoms with Gasteiger partial charge in [0.1, 0.15) is 17.3 Å². The molecular formula is C14H14FNO2. The fourth-order valence-electron chi connectivity index (χ4n) is 1.63. The third-order valence-electron chi connectivity index (χ3n) is 2.59. The fraction of sp³-hybridized carbons (Fsp3) is 0.143. The second kappa shape index (κ2) is 5.40. The Balaban J connectivity index is 2.10. The first kappa shape index (κ1) is 12.2. The standard InChI is InChI=1S/C14H14FNO2/c1-18-13-5-6-14(17)10(7-13)9-16-12-4-2-3-11(15)8-12/h2-8,16-17H,9H2,1H3. The molecule has 0 aliphatic rings. The lowest BCUT2D eigenvalue weighted by Crippen LogP contribution is -2.00. The molecule has 0 fully saturated rings. The third-order valence-corrected chi connectivity index (χ3v) is 2.59. The summed E-state index contributed by atoms with van der Waals surface area (Å²) in [5, 5.41) is 12.7. The smallest absolute Gasteiger partial charge is 0.125 e. The van der Waals surface area contributed by atoms with Crippen LogP contribution in [-0.2, 0) is 6.54 Å². The highest BCUT2D eigenvalue weighted by Gasteiger charge is 2.03. The van der Waals surface area contributed by atoms with E-state index in [4.69, 9.17) is 4.74 Å². The molecule has 0 aromatic heterocycles. The van der Waals surface area contributed by atoms with Crippen molar-refractivity contribution in [3.8, 4) is 11.5 Å². The molecule has 0 saturated carbocycles. The van der Waals surface area contributed by atoms with Crippen LogP contribution in [0.3, 0.4) is 0 Å². The van der Waals surface area contributed by atoms with Gasteiger partial charge in [0.05, 0.1) is 7.11 Å². The number of aromatic hydroxyl groups is 1. The highest BCUT2D eigenvalue weighted by molar-refractivity contribution is 5.46. The van der Waals surface area contributed by atoms with Crippen LogP contribution in [0.15, 0.2) is 42.5 Å². The normalized spacial score (nSPS) is 10.1. The number of nitrogens with one attached hydrogen (secondary N) is 1. The maximum atomic E-state index is 13.0. The first-order valence-corrected chi connectivity index (χ1v) is 5.54. The fourth-order valence-corrected chi connectivity index (χ4v) is 1.63. The van der Waals surface area contributed by atoms with Gasteiger partial charge in [0, 0.05) is 17.8 Å². The zero-order valence-electron chi connectivity index (χ0n) is 9.98. The van der Waals surface area contributed by atoms with E-state index in [1.54, 1.807) is 37.4 Å². The van der Waals surface area contributed by atoms with E-state index in [-0.39, 0.29) is 11.6 Å². The summed E-state index contributed by atoms with van der Waals surface area (Å²) in [6.45, 7) is 0.395. The molecule has 0 saturated heterocycles. The Labute approximate surface area is 105 Å². The average molecular weight is 247 g/mol. The highest BCUT2D eigenvalue weighted by atomic mass is 19.1. The van der Waals surface area contributed by atoms with Crippen LogP contribution in [0.2, 0.25) is 0 Å². The summed E-state index contributed by atoms with van der Waals surface area (Å²) in [4.78, 5) is 0. The van der Waals surface area contributed by atoms with Gasteiger partial charge in [-0.25, -0.2) is 4.39 Å². The first-order valence-electron chi connectivity index (χ1n) is 5.54. The Morgan fingerprint density at radius 1 is 1.22 bits per heavy atom. The van der Waals surface area contributed by atoms with Crippen LogP contribution in [0.1, 0.15) is 5.56 Å². The summed E-state index contributed by atoms with van der Waals surface area (Å²) < 4.78 is 18.1. The molecule has 0 unspecified atom stereocenters. The summed E-state index contributed by atoms with van der Waals surface area (Å²) in [6.07, 6.45) is 0. The van der Waals surface area contributed by atoms with E-state index in [0.717, 1.165) is 0 Å². The number of hydrogen-bond donors (Lipinski definition) is 2. The average Bonchev–Trinajstić information content (AvgIpc) is 2.38. The van der Waals surface area contributed by atoms with Gasteiger partial charge in [-0.2, -0.15) is 0 Å². The Morgan fingerprint density at radius 3 is 2.78 bits per heavy atom. The molecule has 18 heavy (non-hydrogen) atoms. The van der Waals surface area contributed by atoms with E-state index in [0.29, 0.717) is 23.5 Å². The number of ether oxygens (including phenoxy) is 1. The molecule has 2 aromatic carbocycles. The topological polar surface area (TPSA) is 41.5 Å². The van der Waals surface area contributed by atoms with Gasteiger partial charge in [0.15, 0.2) is 0 Å². The van der Waals surface area contributed by atoms with Crippen LogP contribution in [0.4, 0.5) is 10.1 Å². The summed E-state index contributed by atoms with van der Waals surface area (Å²) >= 11 is 0. The van der Waals surface area contributed by atoms with E-state index in [9.17, 15) is 9.50 Å². The molecule has 0 aliphatic carbocycles. The number of phenolic OH excluding ortho intramolecular Hbond substituents is 1. The molecule has 0 aliphatic heterocycles. The Morgan fingerprint density at radius 2 is 2.06 bits per heavy atom. The van der Waals surface area contributed by atoms with Crippen molar-refractivity contribution in [2.75, 3.05) is 12.4 Å². The number of benzene rings is 2. The number of anilines is 1. The molecular weight excluding hydrogens is 233 g/mol. The quantitative estimate of drug-likeness (QED) is 0.872. The summed E-state index contributed by atoms with van der Waals surface area (Å²) in [7, 11) is 1.57. The minimum atomic E-state index is -0.296. The van der Waals surface area contributed by atoms with Crippen LogP contribution >= 0.6 is 0 Å². The molecule has 2 N–H and O–H groups in total. The molecule has 94 valence electrons. The van der Waals surface area contributed by atoms with Gasteiger partial charge < -0.3 is 15.2 Å². The summed E-state index contributed by atoms with van der Waals surface area (Å²) in [5.41, 5.74) is 1.36. The predicted molar refractivity (Wildman–Crippen MR) is 68.4 cm³/mol. The van der Waals surface area contributed by atoms with Crippen LogP contribution in [0.5, 0.6) is 11.5 Å². The summed E-state index contributed by atoms with van der Waals surface area (Å²) in [6, 6.07) is 11.2. The van der Waals surface area contributed by atoms with Crippen molar-refractivity contribution < 1.29 is 14.2 Å². The van der Waals surface area contributed by atoms with Crippen LogP contribution in [-0.4, -0.2) is 12.2 Å². The first-order chi connectivity index (χ1) is 8.69. The lowest BCUT2D eigenvalue weighted by molar-refractivity contribution is 0.411. The second-order valence-electron chi connectivity index (χ2n) is 3.86. The Hall–Kier alpha value is -2.23. The van der Waals surface area contributed by atoms with E-state index in [2.05, 4.69) is 5.32 Å². The van der Waals surface area contributed by atoms with Gasteiger partial charge in [-0.05, 0) is 36.4 Å². The largest absolute Gasteiger partial charge is 0.508 e. The minimum Gasteiger partial charge on any atom is -0.508 e. The Bertz CT molecular complexity index is 543. The van der Waals surface area contributed by atoms with E-state index in [1.807, 2.05) is 0 Å². The van der Waals surface area contributed by atoms with Gasteiger partial charge in [-0.1, -0.05) is 6.07 Å². The van der Waals surface area contributed by atoms with Crippen LogP contribution < -0.4 is 10.1 Å². The third kappa shape index (κ3) is 2.91. The molecule has 0 atom stereocenters. The second-order valence-corrected chi connectivity index (χ2v) is 3.86. The monoisotopic (exact) mass is 247 g/mol. The van der Waals surface area contributed by atoms with E-state index < -0.39 is 0 Å². The van der Waals surface area contributed by atoms with Gasteiger partial charge in [-0.3, -0.25) is 0 Å². The van der Waals surface area contributed by atoms with Crippen molar-refractivity contribution >= 4 is 5.69 Å². The molecule has 2 rings (SSSR count). The molecule has 2 aromatic rings. The van der Waals surface area contributed by atoms with Gasteiger partial charge in [0.25, 0.3) is 0 Å². The number of phenols is 1. The van der Waals surface area contributed by atoms with Crippen LogP contribution in [0.25, 0.3) is 0 Å². The Kier molecular flexibility index (Phi) is 3.67. The van der Waals surface area contributed by atoms with Crippen molar-refractivity contribution in [3.63, 3.8) is 0 Å². The molecule has 3 nitrogen and oxygen atoms in total. The highest BCUT2D eigenvalue weighted by Crippen LogP contribution is 2.23. The number of halogens is 1. The predicted octanol–water partition coefficient (Wildman–Crippen LogP) is 3.15. The van der Waals surface area contributed by atoms with Gasteiger partial charge in [-0.15, -0.1) is 0 Å². The lowest BCUT2D eigenvalue weighted by Gasteiger charge is -2.09.